The lowest BCUT2D eigenvalue weighted by atomic mass is 9.73. The summed E-state index contributed by atoms with van der Waals surface area (Å²) in [5.41, 5.74) is -0.345. The molecule has 0 aromatic carbocycles. The summed E-state index contributed by atoms with van der Waals surface area (Å²) >= 11 is 1.63. The Morgan fingerprint density at radius 1 is 1.11 bits per heavy atom. The van der Waals surface area contributed by atoms with E-state index in [1.165, 1.54) is 0 Å². The molecule has 1 aliphatic carbocycles. The molecule has 9 unspecified atom stereocenters. The summed E-state index contributed by atoms with van der Waals surface area (Å²) in [7, 11) is 0. The SMILES string of the molecule is Cc1nc(C2CC2(C)C2CC3OC3CCCC(C)C(O)C(C)C(=O)C(C)(C)C(O)CC(=O)O2)cs1. The normalized spacial score (nSPS) is 42.7. The fourth-order valence-corrected chi connectivity index (χ4v) is 6.52. The number of hydrogen-bond acceptors (Lipinski definition) is 8. The Balaban J connectivity index is 1.53. The lowest BCUT2D eigenvalue weighted by Gasteiger charge is -2.34. The number of aliphatic hydroxyl groups is 2. The molecule has 2 aliphatic heterocycles. The predicted molar refractivity (Wildman–Crippen MR) is 133 cm³/mol. The first-order valence-electron chi connectivity index (χ1n) is 13.0. The van der Waals surface area contributed by atoms with Gasteiger partial charge in [-0.15, -0.1) is 11.3 Å². The quantitative estimate of drug-likeness (QED) is 0.457. The van der Waals surface area contributed by atoms with E-state index in [1.807, 2.05) is 13.8 Å². The Kier molecular flexibility index (Phi) is 7.51. The van der Waals surface area contributed by atoms with Gasteiger partial charge in [0.25, 0.3) is 0 Å². The number of carbonyl (C=O) groups is 2. The van der Waals surface area contributed by atoms with Crippen molar-refractivity contribution in [3.05, 3.63) is 16.1 Å². The highest BCUT2D eigenvalue weighted by atomic mass is 32.1. The minimum atomic E-state index is -1.20. The van der Waals surface area contributed by atoms with Gasteiger partial charge < -0.3 is 19.7 Å². The van der Waals surface area contributed by atoms with Crippen LogP contribution in [0, 0.1) is 29.6 Å². The van der Waals surface area contributed by atoms with Gasteiger partial charge in [-0.05, 0) is 32.1 Å². The van der Waals surface area contributed by atoms with Crippen LogP contribution in [0.3, 0.4) is 0 Å². The van der Waals surface area contributed by atoms with Gasteiger partial charge in [0.15, 0.2) is 0 Å². The van der Waals surface area contributed by atoms with Crippen molar-refractivity contribution in [2.24, 2.45) is 22.7 Å². The standard InChI is InChI=1S/C27H41NO6S/c1-14-8-7-9-19-20(33-19)10-22(27(6)12-17(27)18-13-35-16(3)28-18)34-23(30)11-21(29)26(4,5)25(32)15(2)24(14)31/h13-15,17,19-22,24,29,31H,7-12H2,1-6H3. The number of thiazole rings is 1. The van der Waals surface area contributed by atoms with E-state index in [1.54, 1.807) is 32.1 Å². The molecule has 0 spiro atoms. The third-order valence-electron chi connectivity index (χ3n) is 8.90. The molecule has 2 N–H and O–H groups in total. The van der Waals surface area contributed by atoms with E-state index in [4.69, 9.17) is 9.47 Å². The van der Waals surface area contributed by atoms with Crippen molar-refractivity contribution in [2.45, 2.75) is 117 Å². The van der Waals surface area contributed by atoms with Gasteiger partial charge in [-0.1, -0.05) is 41.0 Å². The van der Waals surface area contributed by atoms with Crippen LogP contribution in [0.5, 0.6) is 0 Å². The fourth-order valence-electron chi connectivity index (χ4n) is 5.85. The van der Waals surface area contributed by atoms with Crippen molar-refractivity contribution in [1.29, 1.82) is 0 Å². The minimum Gasteiger partial charge on any atom is -0.462 e. The molecule has 9 atom stereocenters. The molecule has 3 fully saturated rings. The molecule has 1 saturated carbocycles. The van der Waals surface area contributed by atoms with Crippen molar-refractivity contribution >= 4 is 23.1 Å². The molecule has 0 radical (unpaired) electrons. The molecule has 1 aromatic heterocycles. The van der Waals surface area contributed by atoms with Gasteiger partial charge in [-0.3, -0.25) is 9.59 Å². The number of hydrogen-bond donors (Lipinski definition) is 2. The highest BCUT2D eigenvalue weighted by Gasteiger charge is 2.60. The van der Waals surface area contributed by atoms with Gasteiger partial charge >= 0.3 is 5.97 Å². The topological polar surface area (TPSA) is 109 Å². The molecule has 7 nitrogen and oxygen atoms in total. The van der Waals surface area contributed by atoms with Crippen LogP contribution >= 0.6 is 11.3 Å². The number of rotatable bonds is 2. The van der Waals surface area contributed by atoms with Gasteiger partial charge in [0, 0.05) is 29.1 Å². The molecule has 4 rings (SSSR count). The van der Waals surface area contributed by atoms with Crippen LogP contribution in [0.2, 0.25) is 0 Å². The van der Waals surface area contributed by atoms with Crippen LogP contribution in [0.4, 0.5) is 0 Å². The maximum absolute atomic E-state index is 13.2. The highest BCUT2D eigenvalue weighted by Crippen LogP contribution is 2.63. The van der Waals surface area contributed by atoms with Crippen molar-refractivity contribution in [3.8, 4) is 0 Å². The number of esters is 1. The molecule has 196 valence electrons. The lowest BCUT2D eigenvalue weighted by Crippen LogP contribution is -2.46. The van der Waals surface area contributed by atoms with Crippen molar-refractivity contribution < 1.29 is 29.3 Å². The van der Waals surface area contributed by atoms with Crippen LogP contribution in [-0.2, 0) is 19.1 Å². The molecule has 8 heteroatoms. The zero-order valence-electron chi connectivity index (χ0n) is 21.8. The van der Waals surface area contributed by atoms with Gasteiger partial charge in [0.05, 0.1) is 47.0 Å². The Labute approximate surface area is 212 Å². The Hall–Kier alpha value is -1.35. The molecule has 2 saturated heterocycles. The molecule has 0 amide bonds. The van der Waals surface area contributed by atoms with Gasteiger partial charge in [-0.2, -0.15) is 0 Å². The number of ketones is 1. The van der Waals surface area contributed by atoms with Crippen molar-refractivity contribution in [2.75, 3.05) is 0 Å². The predicted octanol–water partition coefficient (Wildman–Crippen LogP) is 4.18. The number of carbonyl (C=O) groups excluding carboxylic acids is 2. The van der Waals surface area contributed by atoms with E-state index in [2.05, 4.69) is 17.3 Å². The summed E-state index contributed by atoms with van der Waals surface area (Å²) in [6.45, 7) is 11.1. The first kappa shape index (κ1) is 26.7. The number of cyclic esters (lactones) is 1. The summed E-state index contributed by atoms with van der Waals surface area (Å²) in [5, 5.41) is 24.8. The third kappa shape index (κ3) is 5.50. The largest absolute Gasteiger partial charge is 0.462 e. The Bertz CT molecular complexity index is 946. The Morgan fingerprint density at radius 3 is 2.49 bits per heavy atom. The van der Waals surface area contributed by atoms with Crippen LogP contribution < -0.4 is 0 Å². The zero-order chi connectivity index (χ0) is 25.7. The fraction of sp³-hybridized carbons (Fsp3) is 0.815. The van der Waals surface area contributed by atoms with Gasteiger partial charge in [0.1, 0.15) is 11.9 Å². The molecular formula is C27H41NO6S. The average Bonchev–Trinajstić information content (AvgIpc) is 3.66. The van der Waals surface area contributed by atoms with E-state index in [-0.39, 0.29) is 47.8 Å². The number of aliphatic hydroxyl groups excluding tert-OH is 2. The van der Waals surface area contributed by atoms with Gasteiger partial charge in [-0.25, -0.2) is 4.98 Å². The van der Waals surface area contributed by atoms with Crippen LogP contribution in [0.15, 0.2) is 5.38 Å². The highest BCUT2D eigenvalue weighted by molar-refractivity contribution is 7.09. The van der Waals surface area contributed by atoms with E-state index in [0.717, 1.165) is 36.4 Å². The zero-order valence-corrected chi connectivity index (χ0v) is 22.6. The average molecular weight is 508 g/mol. The van der Waals surface area contributed by atoms with Crippen LogP contribution in [-0.4, -0.2) is 57.5 Å². The number of ether oxygens (including phenoxy) is 2. The maximum atomic E-state index is 13.2. The maximum Gasteiger partial charge on any atom is 0.308 e. The summed E-state index contributed by atoms with van der Waals surface area (Å²) in [5.74, 6) is -1.18. The van der Waals surface area contributed by atoms with Crippen LogP contribution in [0.25, 0.3) is 0 Å². The van der Waals surface area contributed by atoms with E-state index in [0.29, 0.717) is 6.42 Å². The molecule has 3 aliphatic rings. The number of aryl methyl sites for hydroxylation is 1. The molecule has 1 aromatic rings. The number of aromatic nitrogens is 1. The Morgan fingerprint density at radius 2 is 1.83 bits per heavy atom. The van der Waals surface area contributed by atoms with Crippen molar-refractivity contribution in [3.63, 3.8) is 0 Å². The van der Waals surface area contributed by atoms with E-state index < -0.39 is 29.5 Å². The molecule has 0 bridgehead atoms. The van der Waals surface area contributed by atoms with E-state index >= 15 is 0 Å². The number of nitrogens with zero attached hydrogens (tertiary/aromatic N) is 1. The number of Topliss-reactive ketones (excluding diaryl/α,β-unsaturated/α-hetero) is 1. The lowest BCUT2D eigenvalue weighted by molar-refractivity contribution is -0.159. The second-order valence-corrected chi connectivity index (χ2v) is 13.0. The first-order valence-corrected chi connectivity index (χ1v) is 13.9. The smallest absolute Gasteiger partial charge is 0.308 e. The molecule has 35 heavy (non-hydrogen) atoms. The monoisotopic (exact) mass is 507 g/mol. The first-order chi connectivity index (χ1) is 16.3. The van der Waals surface area contributed by atoms with Crippen LogP contribution in [0.1, 0.15) is 89.8 Å². The van der Waals surface area contributed by atoms with Gasteiger partial charge in [0.2, 0.25) is 0 Å². The van der Waals surface area contributed by atoms with E-state index in [9.17, 15) is 19.8 Å². The second kappa shape index (κ2) is 9.84. The number of fused-ring (bicyclic) bond motifs is 1. The third-order valence-corrected chi connectivity index (χ3v) is 9.69. The molecular weight excluding hydrogens is 466 g/mol. The van der Waals surface area contributed by atoms with Crippen molar-refractivity contribution in [1.82, 2.24) is 4.98 Å². The summed E-state index contributed by atoms with van der Waals surface area (Å²) < 4.78 is 12.0. The number of epoxide rings is 1. The summed E-state index contributed by atoms with van der Waals surface area (Å²) in [6, 6.07) is 0. The minimum absolute atomic E-state index is 0.0441. The summed E-state index contributed by atoms with van der Waals surface area (Å²) in [4.78, 5) is 30.9. The molecule has 3 heterocycles. The second-order valence-electron chi connectivity index (χ2n) is 12.0. The summed E-state index contributed by atoms with van der Waals surface area (Å²) in [6.07, 6.45) is 1.70.